The molecular weight excluding hydrogens is 426 g/mol. The van der Waals surface area contributed by atoms with Crippen LogP contribution in [-0.2, 0) is 12.8 Å². The van der Waals surface area contributed by atoms with Crippen molar-refractivity contribution in [2.24, 2.45) is 0 Å². The number of fused-ring (bicyclic) bond motifs is 1. The summed E-state index contributed by atoms with van der Waals surface area (Å²) in [5, 5.41) is 3.08. The van der Waals surface area contributed by atoms with Crippen molar-refractivity contribution in [1.29, 1.82) is 0 Å². The van der Waals surface area contributed by atoms with Crippen molar-refractivity contribution >= 4 is 11.8 Å². The molecule has 1 aromatic heterocycles. The molecule has 0 radical (unpaired) electrons. The lowest BCUT2D eigenvalue weighted by molar-refractivity contribution is 0.110. The lowest BCUT2D eigenvalue weighted by Crippen LogP contribution is -2.35. The Morgan fingerprint density at radius 3 is 2.68 bits per heavy atom. The van der Waals surface area contributed by atoms with Gasteiger partial charge in [0.05, 0.1) is 5.69 Å². The number of pyridine rings is 1. The molecule has 1 amide bonds. The van der Waals surface area contributed by atoms with Crippen molar-refractivity contribution in [3.8, 4) is 22.8 Å². The Kier molecular flexibility index (Phi) is 6.50. The molecule has 0 atom stereocenters. The Morgan fingerprint density at radius 1 is 1.09 bits per heavy atom. The van der Waals surface area contributed by atoms with E-state index >= 15 is 0 Å². The van der Waals surface area contributed by atoms with Gasteiger partial charge in [-0.3, -0.25) is 5.32 Å². The number of para-hydroxylation sites is 1. The Labute approximate surface area is 200 Å². The van der Waals surface area contributed by atoms with Crippen LogP contribution in [0.4, 0.5) is 10.5 Å². The molecule has 2 aromatic carbocycles. The van der Waals surface area contributed by atoms with Crippen LogP contribution in [0.15, 0.2) is 54.7 Å². The number of nitrogens with zero attached hydrogens (tertiary/aromatic N) is 2. The number of amides is 1. The van der Waals surface area contributed by atoms with E-state index < -0.39 is 6.09 Å². The molecule has 1 saturated heterocycles. The van der Waals surface area contributed by atoms with Gasteiger partial charge in [-0.2, -0.15) is 0 Å². The third kappa shape index (κ3) is 4.92. The maximum Gasteiger partial charge on any atom is 0.417 e. The molecule has 1 fully saturated rings. The van der Waals surface area contributed by atoms with Crippen molar-refractivity contribution < 1.29 is 14.3 Å². The molecule has 1 aliphatic heterocycles. The first kappa shape index (κ1) is 22.4. The standard InChI is InChI=1S/C28H31N3O3/c1-19-17-20-7-6-10-24(20)27(30-28(32)34-22-8-4-3-5-9-22)26(19)21-11-14-29-25(18-21)33-23-12-15-31(2)16-13-23/h3-5,8-9,11,14,17-18,23H,6-7,10,12-13,15-16H2,1-2H3,(H,30,32). The number of likely N-dealkylation sites (tertiary alicyclic amines) is 1. The minimum Gasteiger partial charge on any atom is -0.474 e. The van der Waals surface area contributed by atoms with E-state index in [2.05, 4.69) is 35.2 Å². The quantitative estimate of drug-likeness (QED) is 0.538. The summed E-state index contributed by atoms with van der Waals surface area (Å²) in [5.74, 6) is 1.15. The van der Waals surface area contributed by atoms with E-state index in [-0.39, 0.29) is 6.10 Å². The lowest BCUT2D eigenvalue weighted by Gasteiger charge is -2.29. The number of hydrogen-bond acceptors (Lipinski definition) is 5. The summed E-state index contributed by atoms with van der Waals surface area (Å²) in [4.78, 5) is 19.7. The summed E-state index contributed by atoms with van der Waals surface area (Å²) < 4.78 is 11.8. The number of hydrogen-bond donors (Lipinski definition) is 1. The number of aryl methyl sites for hydroxylation is 2. The van der Waals surface area contributed by atoms with Crippen LogP contribution in [0.2, 0.25) is 0 Å². The predicted octanol–water partition coefficient (Wildman–Crippen LogP) is 5.63. The number of benzene rings is 2. The second-order valence-corrected chi connectivity index (χ2v) is 9.27. The summed E-state index contributed by atoms with van der Waals surface area (Å²) >= 11 is 0. The number of rotatable bonds is 5. The van der Waals surface area contributed by atoms with Crippen molar-refractivity contribution in [2.45, 2.75) is 45.1 Å². The topological polar surface area (TPSA) is 63.7 Å². The van der Waals surface area contributed by atoms with Gasteiger partial charge >= 0.3 is 6.09 Å². The molecule has 5 rings (SSSR count). The molecule has 2 heterocycles. The third-order valence-electron chi connectivity index (χ3n) is 6.75. The molecule has 3 aromatic rings. The molecule has 176 valence electrons. The van der Waals surface area contributed by atoms with Gasteiger partial charge in [0.25, 0.3) is 0 Å². The van der Waals surface area contributed by atoms with Crippen molar-refractivity contribution in [3.63, 3.8) is 0 Å². The number of anilines is 1. The highest BCUT2D eigenvalue weighted by molar-refractivity contribution is 5.95. The highest BCUT2D eigenvalue weighted by atomic mass is 16.6. The fraction of sp³-hybridized carbons (Fsp3) is 0.357. The first-order valence-corrected chi connectivity index (χ1v) is 12.1. The molecule has 0 spiro atoms. The monoisotopic (exact) mass is 457 g/mol. The molecule has 1 N–H and O–H groups in total. The van der Waals surface area contributed by atoms with Crippen LogP contribution in [0.3, 0.4) is 0 Å². The smallest absolute Gasteiger partial charge is 0.417 e. The maximum absolute atomic E-state index is 12.9. The molecule has 1 aliphatic carbocycles. The predicted molar refractivity (Wildman–Crippen MR) is 134 cm³/mol. The minimum absolute atomic E-state index is 0.179. The van der Waals surface area contributed by atoms with Gasteiger partial charge in [-0.1, -0.05) is 24.3 Å². The van der Waals surface area contributed by atoms with Crippen LogP contribution in [-0.4, -0.2) is 42.2 Å². The molecular formula is C28H31N3O3. The summed E-state index contributed by atoms with van der Waals surface area (Å²) in [5.41, 5.74) is 6.44. The number of carbonyl (C=O) groups excluding carboxylic acids is 1. The van der Waals surface area contributed by atoms with Gasteiger partial charge in [-0.05, 0) is 86.5 Å². The van der Waals surface area contributed by atoms with Gasteiger partial charge in [0, 0.05) is 30.9 Å². The van der Waals surface area contributed by atoms with Gasteiger partial charge in [0.2, 0.25) is 5.88 Å². The number of nitrogens with one attached hydrogen (secondary N) is 1. The summed E-state index contributed by atoms with van der Waals surface area (Å²) in [7, 11) is 2.14. The molecule has 0 unspecified atom stereocenters. The molecule has 0 bridgehead atoms. The van der Waals surface area contributed by atoms with Crippen molar-refractivity contribution in [1.82, 2.24) is 9.88 Å². The van der Waals surface area contributed by atoms with E-state index in [1.165, 1.54) is 11.1 Å². The van der Waals surface area contributed by atoms with E-state index in [0.717, 1.165) is 67.6 Å². The number of ether oxygens (including phenoxy) is 2. The Balaban J connectivity index is 1.45. The number of carbonyl (C=O) groups is 1. The normalized spacial score (nSPS) is 16.2. The van der Waals surface area contributed by atoms with E-state index in [1.54, 1.807) is 18.3 Å². The highest BCUT2D eigenvalue weighted by Gasteiger charge is 2.24. The fourth-order valence-corrected chi connectivity index (χ4v) is 5.03. The van der Waals surface area contributed by atoms with E-state index in [1.807, 2.05) is 30.3 Å². The minimum atomic E-state index is -0.482. The number of aromatic nitrogens is 1. The summed E-state index contributed by atoms with van der Waals surface area (Å²) in [6.07, 6.45) is 6.53. The largest absolute Gasteiger partial charge is 0.474 e. The average molecular weight is 458 g/mol. The fourth-order valence-electron chi connectivity index (χ4n) is 5.03. The maximum atomic E-state index is 12.9. The van der Waals surface area contributed by atoms with Crippen molar-refractivity contribution in [3.05, 3.63) is 71.4 Å². The lowest BCUT2D eigenvalue weighted by atomic mass is 9.93. The SMILES string of the molecule is Cc1cc2c(c(NC(=O)Oc3ccccc3)c1-c1ccnc(OC3CCN(C)CC3)c1)CCC2. The molecule has 2 aliphatic rings. The van der Waals surface area contributed by atoms with Gasteiger partial charge in [0.15, 0.2) is 0 Å². The third-order valence-corrected chi connectivity index (χ3v) is 6.75. The van der Waals surface area contributed by atoms with E-state index in [0.29, 0.717) is 11.6 Å². The zero-order valence-electron chi connectivity index (χ0n) is 19.8. The van der Waals surface area contributed by atoms with Crippen LogP contribution in [0.25, 0.3) is 11.1 Å². The van der Waals surface area contributed by atoms with Crippen LogP contribution < -0.4 is 14.8 Å². The van der Waals surface area contributed by atoms with Crippen LogP contribution in [0, 0.1) is 6.92 Å². The molecule has 0 saturated carbocycles. The first-order chi connectivity index (χ1) is 16.6. The van der Waals surface area contributed by atoms with Gasteiger partial charge in [-0.25, -0.2) is 9.78 Å². The van der Waals surface area contributed by atoms with Crippen LogP contribution >= 0.6 is 0 Å². The Morgan fingerprint density at radius 2 is 1.88 bits per heavy atom. The van der Waals surface area contributed by atoms with Gasteiger partial charge in [0.1, 0.15) is 11.9 Å². The highest BCUT2D eigenvalue weighted by Crippen LogP contribution is 2.41. The van der Waals surface area contributed by atoms with E-state index in [9.17, 15) is 4.79 Å². The molecule has 6 nitrogen and oxygen atoms in total. The Hall–Kier alpha value is -3.38. The first-order valence-electron chi connectivity index (χ1n) is 12.1. The van der Waals surface area contributed by atoms with E-state index in [4.69, 9.17) is 9.47 Å². The molecule has 34 heavy (non-hydrogen) atoms. The van der Waals surface area contributed by atoms with Gasteiger partial charge in [-0.15, -0.1) is 0 Å². The Bertz CT molecular complexity index is 1170. The average Bonchev–Trinajstić information content (AvgIpc) is 3.30. The molecule has 6 heteroatoms. The summed E-state index contributed by atoms with van der Waals surface area (Å²) in [6, 6.07) is 15.4. The van der Waals surface area contributed by atoms with Crippen LogP contribution in [0.1, 0.15) is 36.0 Å². The zero-order chi connectivity index (χ0) is 23.5. The second kappa shape index (κ2) is 9.85. The second-order valence-electron chi connectivity index (χ2n) is 9.27. The van der Waals surface area contributed by atoms with Crippen LogP contribution in [0.5, 0.6) is 11.6 Å². The summed E-state index contributed by atoms with van der Waals surface area (Å²) in [6.45, 7) is 4.16. The zero-order valence-corrected chi connectivity index (χ0v) is 19.8. The van der Waals surface area contributed by atoms with Crippen molar-refractivity contribution in [2.75, 3.05) is 25.5 Å². The van der Waals surface area contributed by atoms with Gasteiger partial charge < -0.3 is 14.4 Å². The number of piperidine rings is 1.